The molecule has 0 saturated heterocycles. The minimum absolute atomic E-state index is 0.108. The number of aryl methyl sites for hydroxylation is 1. The van der Waals surface area contributed by atoms with Gasteiger partial charge in [0.2, 0.25) is 0 Å². The average molecular weight is 357 g/mol. The highest BCUT2D eigenvalue weighted by molar-refractivity contribution is 5.97. The Hall–Kier alpha value is -3.42. The predicted molar refractivity (Wildman–Crippen MR) is 94.8 cm³/mol. The Morgan fingerprint density at radius 3 is 2.54 bits per heavy atom. The molecule has 2 N–H and O–H groups in total. The topological polar surface area (TPSA) is 111 Å². The molecule has 2 aromatic rings. The van der Waals surface area contributed by atoms with Crippen LogP contribution in [-0.2, 0) is 11.2 Å². The summed E-state index contributed by atoms with van der Waals surface area (Å²) < 4.78 is 5.45. The minimum atomic E-state index is -0.645. The van der Waals surface area contributed by atoms with Crippen molar-refractivity contribution in [3.63, 3.8) is 0 Å². The van der Waals surface area contributed by atoms with Crippen LogP contribution >= 0.6 is 0 Å². The maximum atomic E-state index is 12.1. The molecule has 0 atom stereocenters. The van der Waals surface area contributed by atoms with Gasteiger partial charge in [-0.05, 0) is 31.0 Å². The molecule has 0 aliphatic heterocycles. The van der Waals surface area contributed by atoms with Crippen LogP contribution in [0.2, 0.25) is 0 Å². The fourth-order valence-corrected chi connectivity index (χ4v) is 2.38. The smallest absolute Gasteiger partial charge is 0.276 e. The van der Waals surface area contributed by atoms with E-state index in [0.29, 0.717) is 5.75 Å². The van der Waals surface area contributed by atoms with Crippen LogP contribution in [0.5, 0.6) is 5.75 Å². The Balaban J connectivity index is 1.92. The molecule has 2 amide bonds. The van der Waals surface area contributed by atoms with Crippen LogP contribution in [0.15, 0.2) is 42.5 Å². The Bertz CT molecular complexity index is 835. The fraction of sp³-hybridized carbons (Fsp3) is 0.222. The molecular formula is C18H19N3O5. The molecule has 8 heteroatoms. The largest absolute Gasteiger partial charge is 0.483 e. The molecule has 0 bridgehead atoms. The first-order valence-corrected chi connectivity index (χ1v) is 7.98. The number of nitrogens with one attached hydrogen (secondary N) is 2. The summed E-state index contributed by atoms with van der Waals surface area (Å²) in [5.74, 6) is -0.591. The molecule has 2 rings (SSSR count). The van der Waals surface area contributed by atoms with E-state index in [1.807, 2.05) is 19.1 Å². The molecule has 136 valence electrons. The quantitative estimate of drug-likeness (QED) is 0.609. The van der Waals surface area contributed by atoms with Crippen LogP contribution < -0.4 is 15.6 Å². The molecule has 0 saturated carbocycles. The summed E-state index contributed by atoms with van der Waals surface area (Å²) in [6.45, 7) is 3.18. The molecule has 0 unspecified atom stereocenters. The van der Waals surface area contributed by atoms with Crippen LogP contribution in [-0.4, -0.2) is 23.3 Å². The van der Waals surface area contributed by atoms with E-state index < -0.39 is 16.7 Å². The third kappa shape index (κ3) is 4.56. The molecule has 0 aliphatic carbocycles. The van der Waals surface area contributed by atoms with E-state index in [0.717, 1.165) is 12.0 Å². The lowest BCUT2D eigenvalue weighted by Gasteiger charge is -2.11. The number of hydrogen-bond donors (Lipinski definition) is 2. The van der Waals surface area contributed by atoms with E-state index in [1.165, 1.54) is 25.1 Å². The van der Waals surface area contributed by atoms with E-state index in [9.17, 15) is 19.7 Å². The number of carbonyl (C=O) groups excluding carboxylic acids is 2. The van der Waals surface area contributed by atoms with Gasteiger partial charge in [-0.3, -0.25) is 30.6 Å². The third-order valence-corrected chi connectivity index (χ3v) is 3.77. The highest BCUT2D eigenvalue weighted by atomic mass is 16.6. The lowest BCUT2D eigenvalue weighted by Crippen LogP contribution is -2.44. The number of hydrogen-bond acceptors (Lipinski definition) is 5. The second-order valence-corrected chi connectivity index (χ2v) is 5.46. The number of ether oxygens (including phenoxy) is 1. The first-order chi connectivity index (χ1) is 12.4. The van der Waals surface area contributed by atoms with Gasteiger partial charge in [-0.25, -0.2) is 0 Å². The number of hydrazine groups is 1. The predicted octanol–water partition coefficient (Wildman–Crippen LogP) is 2.31. The van der Waals surface area contributed by atoms with Gasteiger partial charge in [0.05, 0.1) is 10.5 Å². The first kappa shape index (κ1) is 18.9. The summed E-state index contributed by atoms with van der Waals surface area (Å²) in [7, 11) is 0. The summed E-state index contributed by atoms with van der Waals surface area (Å²) in [5, 5.41) is 10.9. The van der Waals surface area contributed by atoms with Crippen molar-refractivity contribution >= 4 is 17.5 Å². The Kier molecular flexibility index (Phi) is 6.26. The zero-order valence-electron chi connectivity index (χ0n) is 14.4. The standard InChI is InChI=1S/C18H19N3O5/c1-3-13-7-4-5-10-16(13)26-11-17(22)19-20-18(23)14-8-6-9-15(12(14)2)21(24)25/h4-10H,3,11H2,1-2H3,(H,19,22)(H,20,23). The zero-order valence-corrected chi connectivity index (χ0v) is 14.4. The summed E-state index contributed by atoms with van der Waals surface area (Å²) >= 11 is 0. The normalized spacial score (nSPS) is 10.1. The number of rotatable bonds is 6. The maximum Gasteiger partial charge on any atom is 0.276 e. The number of carbonyl (C=O) groups is 2. The van der Waals surface area contributed by atoms with Crippen molar-refractivity contribution < 1.29 is 19.2 Å². The molecule has 2 aromatic carbocycles. The van der Waals surface area contributed by atoms with Crippen LogP contribution in [0.3, 0.4) is 0 Å². The SMILES string of the molecule is CCc1ccccc1OCC(=O)NNC(=O)c1cccc([N+](=O)[O-])c1C. The molecular weight excluding hydrogens is 338 g/mol. The summed E-state index contributed by atoms with van der Waals surface area (Å²) in [5.41, 5.74) is 5.59. The number of benzene rings is 2. The van der Waals surface area contributed by atoms with Crippen molar-refractivity contribution in [2.24, 2.45) is 0 Å². The molecule has 0 spiro atoms. The summed E-state index contributed by atoms with van der Waals surface area (Å²) in [6.07, 6.45) is 0.764. The van der Waals surface area contributed by atoms with Crippen molar-refractivity contribution in [3.05, 3.63) is 69.3 Å². The molecule has 8 nitrogen and oxygen atoms in total. The summed E-state index contributed by atoms with van der Waals surface area (Å²) in [6, 6.07) is 11.5. The Morgan fingerprint density at radius 2 is 1.85 bits per heavy atom. The van der Waals surface area contributed by atoms with E-state index in [2.05, 4.69) is 10.9 Å². The highest BCUT2D eigenvalue weighted by Gasteiger charge is 2.18. The summed E-state index contributed by atoms with van der Waals surface area (Å²) in [4.78, 5) is 34.3. The van der Waals surface area contributed by atoms with E-state index in [1.54, 1.807) is 12.1 Å². The van der Waals surface area contributed by atoms with Crippen LogP contribution in [0.25, 0.3) is 0 Å². The number of nitro benzene ring substituents is 1. The minimum Gasteiger partial charge on any atom is -0.483 e. The van der Waals surface area contributed by atoms with Crippen molar-refractivity contribution in [2.45, 2.75) is 20.3 Å². The van der Waals surface area contributed by atoms with E-state index >= 15 is 0 Å². The number of nitro groups is 1. The van der Waals surface area contributed by atoms with Gasteiger partial charge in [0, 0.05) is 11.6 Å². The lowest BCUT2D eigenvalue weighted by molar-refractivity contribution is -0.385. The van der Waals surface area contributed by atoms with Gasteiger partial charge in [-0.1, -0.05) is 31.2 Å². The van der Waals surface area contributed by atoms with Gasteiger partial charge in [0.1, 0.15) is 5.75 Å². The third-order valence-electron chi connectivity index (χ3n) is 3.77. The second-order valence-electron chi connectivity index (χ2n) is 5.46. The molecule has 0 aliphatic rings. The van der Waals surface area contributed by atoms with Crippen LogP contribution in [0.1, 0.15) is 28.4 Å². The van der Waals surface area contributed by atoms with Crippen molar-refractivity contribution in [1.82, 2.24) is 10.9 Å². The maximum absolute atomic E-state index is 12.1. The number of amides is 2. The molecule has 0 fully saturated rings. The van der Waals surface area contributed by atoms with E-state index in [4.69, 9.17) is 4.74 Å². The Morgan fingerprint density at radius 1 is 1.12 bits per heavy atom. The van der Waals surface area contributed by atoms with Crippen molar-refractivity contribution in [3.8, 4) is 5.75 Å². The monoisotopic (exact) mass is 357 g/mol. The van der Waals surface area contributed by atoms with Gasteiger partial charge in [0.15, 0.2) is 6.61 Å². The zero-order chi connectivity index (χ0) is 19.1. The first-order valence-electron chi connectivity index (χ1n) is 7.98. The van der Waals surface area contributed by atoms with Gasteiger partial charge >= 0.3 is 0 Å². The lowest BCUT2D eigenvalue weighted by atomic mass is 10.1. The van der Waals surface area contributed by atoms with Gasteiger partial charge in [-0.15, -0.1) is 0 Å². The molecule has 26 heavy (non-hydrogen) atoms. The molecule has 0 aromatic heterocycles. The number of nitrogens with zero attached hydrogens (tertiary/aromatic N) is 1. The average Bonchev–Trinajstić information content (AvgIpc) is 2.64. The van der Waals surface area contributed by atoms with Gasteiger partial charge in [-0.2, -0.15) is 0 Å². The highest BCUT2D eigenvalue weighted by Crippen LogP contribution is 2.21. The Labute approximate surface area is 150 Å². The van der Waals surface area contributed by atoms with Crippen molar-refractivity contribution in [2.75, 3.05) is 6.61 Å². The number of para-hydroxylation sites is 1. The molecule has 0 radical (unpaired) electrons. The van der Waals surface area contributed by atoms with Gasteiger partial charge < -0.3 is 4.74 Å². The fourth-order valence-electron chi connectivity index (χ4n) is 2.38. The second kappa shape index (κ2) is 8.61. The van der Waals surface area contributed by atoms with Crippen molar-refractivity contribution in [1.29, 1.82) is 0 Å². The van der Waals surface area contributed by atoms with Gasteiger partial charge in [0.25, 0.3) is 17.5 Å². The van der Waals surface area contributed by atoms with Crippen LogP contribution in [0, 0.1) is 17.0 Å². The van der Waals surface area contributed by atoms with E-state index in [-0.39, 0.29) is 23.4 Å². The van der Waals surface area contributed by atoms with Crippen LogP contribution in [0.4, 0.5) is 5.69 Å². The molecule has 0 heterocycles.